The van der Waals surface area contributed by atoms with Crippen LogP contribution in [0, 0.1) is 6.92 Å². The first-order chi connectivity index (χ1) is 13.4. The van der Waals surface area contributed by atoms with E-state index in [0.717, 1.165) is 22.3 Å². The lowest BCUT2D eigenvalue weighted by Gasteiger charge is -2.13. The van der Waals surface area contributed by atoms with Gasteiger partial charge in [0.2, 0.25) is 0 Å². The molecule has 0 fully saturated rings. The number of carbonyl (C=O) groups is 1. The monoisotopic (exact) mass is 415 g/mol. The lowest BCUT2D eigenvalue weighted by atomic mass is 9.97. The normalized spacial score (nSPS) is 11.1. The van der Waals surface area contributed by atoms with Crippen molar-refractivity contribution < 1.29 is 17.9 Å². The average Bonchev–Trinajstić information content (AvgIpc) is 2.68. The second-order valence-electron chi connectivity index (χ2n) is 6.07. The molecular formula is C21H18ClNO4S. The van der Waals surface area contributed by atoms with Crippen LogP contribution in [0.4, 0.5) is 4.79 Å². The Bertz CT molecular complexity index is 1100. The number of halogens is 1. The zero-order chi connectivity index (χ0) is 20.1. The molecule has 0 saturated carbocycles. The van der Waals surface area contributed by atoms with E-state index < -0.39 is 16.1 Å². The van der Waals surface area contributed by atoms with Gasteiger partial charge in [-0.2, -0.15) is 0 Å². The summed E-state index contributed by atoms with van der Waals surface area (Å²) in [4.78, 5) is 11.8. The van der Waals surface area contributed by atoms with Gasteiger partial charge in [0.15, 0.2) is 0 Å². The van der Waals surface area contributed by atoms with Crippen molar-refractivity contribution in [2.45, 2.75) is 18.4 Å². The number of rotatable bonds is 5. The van der Waals surface area contributed by atoms with Crippen molar-refractivity contribution in [1.29, 1.82) is 0 Å². The van der Waals surface area contributed by atoms with Gasteiger partial charge in [-0.1, -0.05) is 72.3 Å². The highest BCUT2D eigenvalue weighted by Gasteiger charge is 2.21. The standard InChI is InChI=1S/C21H18ClNO4S/c1-15-17(10-7-11-18(15)16-8-3-2-4-9-16)14-27-21(24)23-28(25,26)20-13-6-5-12-19(20)22/h2-13H,14H2,1H3,(H,23,24). The Hall–Kier alpha value is -2.83. The van der Waals surface area contributed by atoms with E-state index in [1.807, 2.05) is 60.2 Å². The predicted molar refractivity (Wildman–Crippen MR) is 109 cm³/mol. The molecule has 0 radical (unpaired) electrons. The molecule has 144 valence electrons. The van der Waals surface area contributed by atoms with Gasteiger partial charge in [0.05, 0.1) is 5.02 Å². The van der Waals surface area contributed by atoms with Crippen molar-refractivity contribution in [3.05, 3.63) is 88.9 Å². The van der Waals surface area contributed by atoms with E-state index in [2.05, 4.69) is 0 Å². The second-order valence-corrected chi connectivity index (χ2v) is 8.13. The highest BCUT2D eigenvalue weighted by atomic mass is 35.5. The van der Waals surface area contributed by atoms with Crippen molar-refractivity contribution in [2.75, 3.05) is 0 Å². The van der Waals surface area contributed by atoms with Crippen molar-refractivity contribution in [2.24, 2.45) is 0 Å². The summed E-state index contributed by atoms with van der Waals surface area (Å²) in [5, 5.41) is 0.0224. The van der Waals surface area contributed by atoms with Crippen LogP contribution in [0.5, 0.6) is 0 Å². The van der Waals surface area contributed by atoms with Crippen LogP contribution in [-0.4, -0.2) is 14.5 Å². The Morgan fingerprint density at radius 2 is 1.64 bits per heavy atom. The summed E-state index contributed by atoms with van der Waals surface area (Å²) >= 11 is 5.89. The Kier molecular flexibility index (Phi) is 6.02. The number of benzene rings is 3. The third-order valence-electron chi connectivity index (χ3n) is 4.23. The third kappa shape index (κ3) is 4.52. The summed E-state index contributed by atoms with van der Waals surface area (Å²) in [6.07, 6.45) is -1.07. The number of hydrogen-bond acceptors (Lipinski definition) is 4. The topological polar surface area (TPSA) is 72.5 Å². The van der Waals surface area contributed by atoms with Gasteiger partial charge < -0.3 is 4.74 Å². The predicted octanol–water partition coefficient (Wildman–Crippen LogP) is 4.93. The molecule has 0 atom stereocenters. The number of carbonyl (C=O) groups excluding carboxylic acids is 1. The molecule has 3 aromatic rings. The van der Waals surface area contributed by atoms with E-state index in [-0.39, 0.29) is 16.5 Å². The van der Waals surface area contributed by atoms with E-state index in [1.165, 1.54) is 18.2 Å². The molecule has 7 heteroatoms. The maximum atomic E-state index is 12.3. The Morgan fingerprint density at radius 3 is 2.36 bits per heavy atom. The minimum atomic E-state index is -4.11. The zero-order valence-electron chi connectivity index (χ0n) is 15.1. The van der Waals surface area contributed by atoms with Gasteiger partial charge in [0.1, 0.15) is 11.5 Å². The van der Waals surface area contributed by atoms with E-state index in [1.54, 1.807) is 6.07 Å². The van der Waals surface area contributed by atoms with Crippen LogP contribution in [0.2, 0.25) is 5.02 Å². The molecule has 0 bridgehead atoms. The summed E-state index contributed by atoms with van der Waals surface area (Å²) in [5.74, 6) is 0. The first kappa shape index (κ1) is 19.9. The second kappa shape index (κ2) is 8.46. The molecule has 0 spiro atoms. The maximum absolute atomic E-state index is 12.3. The van der Waals surface area contributed by atoms with E-state index in [4.69, 9.17) is 16.3 Å². The summed E-state index contributed by atoms with van der Waals surface area (Å²) < 4.78 is 31.6. The lowest BCUT2D eigenvalue weighted by Crippen LogP contribution is -2.31. The van der Waals surface area contributed by atoms with Gasteiger partial charge in [-0.25, -0.2) is 17.9 Å². The van der Waals surface area contributed by atoms with Gasteiger partial charge in [-0.3, -0.25) is 0 Å². The minimum absolute atomic E-state index is 0.0224. The SMILES string of the molecule is Cc1c(COC(=O)NS(=O)(=O)c2ccccc2Cl)cccc1-c1ccccc1. The number of ether oxygens (including phenoxy) is 1. The number of sulfonamides is 1. The molecule has 0 aliphatic heterocycles. The third-order valence-corrected chi connectivity index (χ3v) is 6.05. The fourth-order valence-electron chi connectivity index (χ4n) is 2.77. The van der Waals surface area contributed by atoms with Gasteiger partial charge in [-0.15, -0.1) is 0 Å². The molecule has 0 aromatic heterocycles. The molecular weight excluding hydrogens is 398 g/mol. The van der Waals surface area contributed by atoms with Crippen molar-refractivity contribution >= 4 is 27.7 Å². The average molecular weight is 416 g/mol. The molecule has 0 aliphatic carbocycles. The molecule has 3 rings (SSSR count). The fourth-order valence-corrected chi connectivity index (χ4v) is 4.18. The summed E-state index contributed by atoms with van der Waals surface area (Å²) in [5.41, 5.74) is 3.81. The van der Waals surface area contributed by atoms with Crippen molar-refractivity contribution in [3.8, 4) is 11.1 Å². The smallest absolute Gasteiger partial charge is 0.421 e. The first-order valence-electron chi connectivity index (χ1n) is 8.46. The zero-order valence-corrected chi connectivity index (χ0v) is 16.6. The molecule has 1 amide bonds. The molecule has 0 heterocycles. The van der Waals surface area contributed by atoms with Crippen LogP contribution >= 0.6 is 11.6 Å². The fraction of sp³-hybridized carbons (Fsp3) is 0.0952. The molecule has 0 aliphatic rings. The maximum Gasteiger partial charge on any atom is 0.421 e. The number of hydrogen-bond donors (Lipinski definition) is 1. The van der Waals surface area contributed by atoms with Gasteiger partial charge in [0.25, 0.3) is 10.0 Å². The van der Waals surface area contributed by atoms with Gasteiger partial charge >= 0.3 is 6.09 Å². The minimum Gasteiger partial charge on any atom is -0.444 e. The van der Waals surface area contributed by atoms with Crippen LogP contribution in [0.15, 0.2) is 77.7 Å². The van der Waals surface area contributed by atoms with E-state index >= 15 is 0 Å². The first-order valence-corrected chi connectivity index (χ1v) is 10.3. The molecule has 1 N–H and O–H groups in total. The Labute approximate surface area is 169 Å². The molecule has 3 aromatic carbocycles. The molecule has 5 nitrogen and oxygen atoms in total. The van der Waals surface area contributed by atoms with Crippen LogP contribution in [-0.2, 0) is 21.4 Å². The molecule has 28 heavy (non-hydrogen) atoms. The summed E-state index contributed by atoms with van der Waals surface area (Å²) in [7, 11) is -4.11. The summed E-state index contributed by atoms with van der Waals surface area (Å²) in [6.45, 7) is 1.87. The number of nitrogens with one attached hydrogen (secondary N) is 1. The van der Waals surface area contributed by atoms with Crippen LogP contribution in [0.1, 0.15) is 11.1 Å². The highest BCUT2D eigenvalue weighted by Crippen LogP contribution is 2.26. The van der Waals surface area contributed by atoms with E-state index in [9.17, 15) is 13.2 Å². The molecule has 0 unspecified atom stereocenters. The van der Waals surface area contributed by atoms with Crippen LogP contribution < -0.4 is 4.72 Å². The van der Waals surface area contributed by atoms with Crippen LogP contribution in [0.3, 0.4) is 0 Å². The van der Waals surface area contributed by atoms with E-state index in [0.29, 0.717) is 0 Å². The Balaban J connectivity index is 1.71. The van der Waals surface area contributed by atoms with Crippen LogP contribution in [0.25, 0.3) is 11.1 Å². The van der Waals surface area contributed by atoms with Gasteiger partial charge in [-0.05, 0) is 41.3 Å². The number of amides is 1. The lowest BCUT2D eigenvalue weighted by molar-refractivity contribution is 0.146. The largest absolute Gasteiger partial charge is 0.444 e. The quantitative estimate of drug-likeness (QED) is 0.641. The van der Waals surface area contributed by atoms with Gasteiger partial charge in [0, 0.05) is 0 Å². The van der Waals surface area contributed by atoms with Crippen molar-refractivity contribution in [1.82, 2.24) is 4.72 Å². The highest BCUT2D eigenvalue weighted by molar-refractivity contribution is 7.90. The van der Waals surface area contributed by atoms with Crippen molar-refractivity contribution in [3.63, 3.8) is 0 Å². The Morgan fingerprint density at radius 1 is 0.964 bits per heavy atom. The summed E-state index contributed by atoms with van der Waals surface area (Å²) in [6, 6.07) is 21.4. The molecule has 0 saturated heterocycles.